The van der Waals surface area contributed by atoms with E-state index in [1.165, 1.54) is 24.4 Å². The Labute approximate surface area is 121 Å². The summed E-state index contributed by atoms with van der Waals surface area (Å²) in [4.78, 5) is 3.92. The number of benzene rings is 1. The van der Waals surface area contributed by atoms with Crippen LogP contribution in [0.1, 0.15) is 11.3 Å². The number of hydrogen-bond donors (Lipinski definition) is 1. The molecule has 0 aliphatic heterocycles. The lowest BCUT2D eigenvalue weighted by molar-refractivity contribution is 0.601. The first-order valence-corrected chi connectivity index (χ1v) is 7.43. The zero-order valence-corrected chi connectivity index (χ0v) is 12.0. The molecule has 20 heavy (non-hydrogen) atoms. The molecule has 2 rings (SSSR count). The first-order chi connectivity index (χ1) is 9.42. The molecule has 0 bridgehead atoms. The van der Waals surface area contributed by atoms with Gasteiger partial charge in [-0.2, -0.15) is 5.26 Å². The Balaban J connectivity index is 2.36. The van der Waals surface area contributed by atoms with Crippen LogP contribution < -0.4 is 4.72 Å². The van der Waals surface area contributed by atoms with E-state index in [4.69, 9.17) is 16.9 Å². The molecule has 1 heterocycles. The molecule has 0 aliphatic carbocycles. The van der Waals surface area contributed by atoms with Gasteiger partial charge < -0.3 is 0 Å². The predicted octanol–water partition coefficient (Wildman–Crippen LogP) is 2.72. The van der Waals surface area contributed by atoms with Gasteiger partial charge in [0.1, 0.15) is 4.90 Å². The molecule has 0 saturated carbocycles. The number of nitriles is 1. The van der Waals surface area contributed by atoms with E-state index in [1.54, 1.807) is 19.1 Å². The van der Waals surface area contributed by atoms with Crippen LogP contribution in [0.2, 0.25) is 5.02 Å². The Morgan fingerprint density at radius 2 is 2.05 bits per heavy atom. The normalized spacial score (nSPS) is 10.8. The van der Waals surface area contributed by atoms with E-state index in [-0.39, 0.29) is 9.92 Å². The van der Waals surface area contributed by atoms with Crippen molar-refractivity contribution >= 4 is 27.3 Å². The second-order valence-corrected chi connectivity index (χ2v) is 6.11. The van der Waals surface area contributed by atoms with Crippen LogP contribution in [0.4, 0.5) is 5.69 Å². The fourth-order valence-electron chi connectivity index (χ4n) is 1.53. The molecule has 1 N–H and O–H groups in total. The summed E-state index contributed by atoms with van der Waals surface area (Å²) in [5, 5.41) is 8.73. The summed E-state index contributed by atoms with van der Waals surface area (Å²) in [6.07, 6.45) is 1.42. The number of rotatable bonds is 3. The van der Waals surface area contributed by atoms with Crippen molar-refractivity contribution in [3.05, 3.63) is 52.8 Å². The lowest BCUT2D eigenvalue weighted by atomic mass is 10.2. The Morgan fingerprint density at radius 1 is 1.30 bits per heavy atom. The number of nitrogens with one attached hydrogen (secondary N) is 1. The highest BCUT2D eigenvalue weighted by atomic mass is 35.5. The van der Waals surface area contributed by atoms with Gasteiger partial charge in [0.05, 0.1) is 28.5 Å². The van der Waals surface area contributed by atoms with E-state index in [0.29, 0.717) is 11.3 Å². The Kier molecular flexibility index (Phi) is 3.93. The van der Waals surface area contributed by atoms with Crippen molar-refractivity contribution in [2.45, 2.75) is 11.8 Å². The van der Waals surface area contributed by atoms with Crippen molar-refractivity contribution in [2.75, 3.05) is 4.72 Å². The summed E-state index contributed by atoms with van der Waals surface area (Å²) >= 11 is 5.90. The van der Waals surface area contributed by atoms with Crippen LogP contribution >= 0.6 is 11.6 Å². The number of hydrogen-bond acceptors (Lipinski definition) is 4. The minimum Gasteiger partial charge on any atom is -0.278 e. The first-order valence-electron chi connectivity index (χ1n) is 5.57. The van der Waals surface area contributed by atoms with Crippen LogP contribution in [-0.4, -0.2) is 13.4 Å². The lowest BCUT2D eigenvalue weighted by Gasteiger charge is -2.09. The molecule has 5 nitrogen and oxygen atoms in total. The van der Waals surface area contributed by atoms with Crippen LogP contribution in [0.3, 0.4) is 0 Å². The van der Waals surface area contributed by atoms with Crippen molar-refractivity contribution in [2.24, 2.45) is 0 Å². The minimum absolute atomic E-state index is 0.00313. The third-order valence-electron chi connectivity index (χ3n) is 2.51. The van der Waals surface area contributed by atoms with Crippen LogP contribution in [0.15, 0.2) is 41.4 Å². The van der Waals surface area contributed by atoms with Gasteiger partial charge in [-0.25, -0.2) is 8.42 Å². The highest BCUT2D eigenvalue weighted by Crippen LogP contribution is 2.24. The molecular weight excluding hydrogens is 298 g/mol. The Hall–Kier alpha value is -2.10. The van der Waals surface area contributed by atoms with Crippen molar-refractivity contribution < 1.29 is 8.42 Å². The quantitative estimate of drug-likeness (QED) is 0.945. The van der Waals surface area contributed by atoms with Crippen molar-refractivity contribution in [1.82, 2.24) is 4.98 Å². The van der Waals surface area contributed by atoms with Crippen LogP contribution in [0.5, 0.6) is 0 Å². The van der Waals surface area contributed by atoms with Crippen molar-refractivity contribution in [1.29, 1.82) is 5.26 Å². The molecule has 0 unspecified atom stereocenters. The van der Waals surface area contributed by atoms with Gasteiger partial charge in [-0.1, -0.05) is 11.6 Å². The zero-order chi connectivity index (χ0) is 14.8. The number of sulfonamides is 1. The topological polar surface area (TPSA) is 82.9 Å². The summed E-state index contributed by atoms with van der Waals surface area (Å²) in [6.45, 7) is 1.80. The average molecular weight is 308 g/mol. The van der Waals surface area contributed by atoms with Gasteiger partial charge in [-0.3, -0.25) is 9.71 Å². The third-order valence-corrected chi connectivity index (χ3v) is 4.38. The molecule has 0 fully saturated rings. The summed E-state index contributed by atoms with van der Waals surface area (Å²) < 4.78 is 26.8. The van der Waals surface area contributed by atoms with E-state index >= 15 is 0 Å². The summed E-state index contributed by atoms with van der Waals surface area (Å²) in [6, 6.07) is 9.20. The third kappa shape index (κ3) is 3.07. The molecule has 1 aromatic heterocycles. The van der Waals surface area contributed by atoms with Gasteiger partial charge >= 0.3 is 0 Å². The summed E-state index contributed by atoms with van der Waals surface area (Å²) in [5.74, 6) is 0. The molecule has 0 saturated heterocycles. The van der Waals surface area contributed by atoms with E-state index in [1.807, 2.05) is 6.07 Å². The highest BCUT2D eigenvalue weighted by molar-refractivity contribution is 7.92. The fourth-order valence-corrected chi connectivity index (χ4v) is 3.12. The second kappa shape index (κ2) is 5.49. The fraction of sp³-hybridized carbons (Fsp3) is 0.0769. The minimum atomic E-state index is -3.81. The summed E-state index contributed by atoms with van der Waals surface area (Å²) in [5.41, 5.74) is 1.42. The number of pyridine rings is 1. The van der Waals surface area contributed by atoms with E-state index in [2.05, 4.69) is 9.71 Å². The number of halogens is 1. The maximum Gasteiger partial charge on any atom is 0.263 e. The van der Waals surface area contributed by atoms with Crippen LogP contribution in [0, 0.1) is 18.3 Å². The van der Waals surface area contributed by atoms with Crippen LogP contribution in [0.25, 0.3) is 0 Å². The average Bonchev–Trinajstić information content (AvgIpc) is 2.40. The number of nitrogens with zero attached hydrogens (tertiary/aromatic N) is 2. The van der Waals surface area contributed by atoms with Crippen molar-refractivity contribution in [3.63, 3.8) is 0 Å². The van der Waals surface area contributed by atoms with Gasteiger partial charge in [-0.15, -0.1) is 0 Å². The Morgan fingerprint density at radius 3 is 2.60 bits per heavy atom. The molecular formula is C13H10ClN3O2S. The monoisotopic (exact) mass is 307 g/mol. The van der Waals surface area contributed by atoms with E-state index < -0.39 is 10.0 Å². The zero-order valence-electron chi connectivity index (χ0n) is 10.5. The molecule has 0 amide bonds. The van der Waals surface area contributed by atoms with Gasteiger partial charge in [0.15, 0.2) is 0 Å². The summed E-state index contributed by atoms with van der Waals surface area (Å²) in [7, 11) is -3.81. The molecule has 0 spiro atoms. The molecule has 0 aliphatic rings. The molecule has 1 aromatic carbocycles. The largest absolute Gasteiger partial charge is 0.278 e. The maximum absolute atomic E-state index is 12.2. The highest BCUT2D eigenvalue weighted by Gasteiger charge is 2.18. The van der Waals surface area contributed by atoms with E-state index in [0.717, 1.165) is 5.69 Å². The van der Waals surface area contributed by atoms with Gasteiger partial charge in [0.25, 0.3) is 10.0 Å². The number of aromatic nitrogens is 1. The van der Waals surface area contributed by atoms with Gasteiger partial charge in [-0.05, 0) is 37.3 Å². The predicted molar refractivity (Wildman–Crippen MR) is 75.9 cm³/mol. The molecule has 0 atom stereocenters. The van der Waals surface area contributed by atoms with Crippen molar-refractivity contribution in [3.8, 4) is 6.07 Å². The maximum atomic E-state index is 12.2. The van der Waals surface area contributed by atoms with Crippen LogP contribution in [-0.2, 0) is 10.0 Å². The molecule has 2 aromatic rings. The molecule has 0 radical (unpaired) electrons. The first kappa shape index (κ1) is 14.3. The SMILES string of the molecule is Cc1ccc(NS(=O)(=O)c2ccc(C#N)cc2Cl)cn1. The smallest absolute Gasteiger partial charge is 0.263 e. The number of anilines is 1. The van der Waals surface area contributed by atoms with Gasteiger partial charge in [0.2, 0.25) is 0 Å². The second-order valence-electron chi connectivity index (χ2n) is 4.05. The Bertz CT molecular complexity index is 780. The van der Waals surface area contributed by atoms with Gasteiger partial charge in [0, 0.05) is 5.69 Å². The standard InChI is InChI=1S/C13H10ClN3O2S/c1-9-2-4-11(8-16-9)17-20(18,19)13-5-3-10(7-15)6-12(13)14/h2-6,8,17H,1H3. The molecule has 102 valence electrons. The van der Waals surface area contributed by atoms with E-state index in [9.17, 15) is 8.42 Å². The number of aryl methyl sites for hydroxylation is 1. The molecule has 7 heteroatoms. The lowest BCUT2D eigenvalue weighted by Crippen LogP contribution is -2.13.